The largest absolute Gasteiger partial charge is 0.444 e. The van der Waals surface area contributed by atoms with E-state index in [-0.39, 0.29) is 6.09 Å². The summed E-state index contributed by atoms with van der Waals surface area (Å²) in [5.41, 5.74) is -0.481. The fourth-order valence-corrected chi connectivity index (χ4v) is 3.65. The monoisotopic (exact) mass is 390 g/mol. The molecular weight excluding hydrogens is 364 g/mol. The van der Waals surface area contributed by atoms with Gasteiger partial charge in [0.15, 0.2) is 5.13 Å². The third-order valence-electron chi connectivity index (χ3n) is 3.57. The first-order valence-electron chi connectivity index (χ1n) is 8.42. The quantitative estimate of drug-likeness (QED) is 0.803. The second-order valence-electron chi connectivity index (χ2n) is 7.14. The number of nitrogens with zero attached hydrogens (tertiary/aromatic N) is 3. The van der Waals surface area contributed by atoms with E-state index in [4.69, 9.17) is 16.3 Å². The number of hydrogen-bond donors (Lipinski definition) is 2. The number of ether oxygens (including phenoxy) is 1. The fraction of sp³-hybridized carbons (Fsp3) is 0.750. The summed E-state index contributed by atoms with van der Waals surface area (Å²) < 4.78 is 5.41. The van der Waals surface area contributed by atoms with Crippen LogP contribution < -0.4 is 10.2 Å². The Kier molecular flexibility index (Phi) is 6.90. The molecule has 0 radical (unpaired) electrons. The van der Waals surface area contributed by atoms with Crippen molar-refractivity contribution in [1.82, 2.24) is 15.2 Å². The molecule has 25 heavy (non-hydrogen) atoms. The van der Waals surface area contributed by atoms with E-state index in [1.807, 2.05) is 20.8 Å². The number of aromatic nitrogens is 1. The zero-order valence-electron chi connectivity index (χ0n) is 15.2. The van der Waals surface area contributed by atoms with Crippen LogP contribution in [0.5, 0.6) is 0 Å². The molecule has 1 fully saturated rings. The maximum Gasteiger partial charge on any atom is 0.410 e. The van der Waals surface area contributed by atoms with E-state index in [1.54, 1.807) is 23.2 Å². The van der Waals surface area contributed by atoms with E-state index in [9.17, 15) is 9.90 Å². The third kappa shape index (κ3) is 6.29. The lowest BCUT2D eigenvalue weighted by atomic mass is 10.2. The van der Waals surface area contributed by atoms with Crippen molar-refractivity contribution in [1.29, 1.82) is 0 Å². The van der Waals surface area contributed by atoms with Gasteiger partial charge in [-0.15, -0.1) is 0 Å². The molecule has 1 aromatic rings. The molecule has 0 aliphatic carbocycles. The molecule has 0 spiro atoms. The fourth-order valence-electron chi connectivity index (χ4n) is 2.37. The van der Waals surface area contributed by atoms with Gasteiger partial charge in [-0.2, -0.15) is 0 Å². The van der Waals surface area contributed by atoms with Gasteiger partial charge in [0.25, 0.3) is 0 Å². The number of nitrogens with one attached hydrogen (secondary N) is 1. The van der Waals surface area contributed by atoms with Gasteiger partial charge in [0.2, 0.25) is 0 Å². The minimum atomic E-state index is -0.481. The predicted octanol–water partition coefficient (Wildman–Crippen LogP) is 2.32. The van der Waals surface area contributed by atoms with Crippen LogP contribution in [0.2, 0.25) is 5.15 Å². The first kappa shape index (κ1) is 20.2. The molecule has 0 aromatic carbocycles. The van der Waals surface area contributed by atoms with Crippen LogP contribution in [0.25, 0.3) is 0 Å². The Bertz CT molecular complexity index is 580. The lowest BCUT2D eigenvalue weighted by molar-refractivity contribution is 0.0240. The van der Waals surface area contributed by atoms with Crippen molar-refractivity contribution < 1.29 is 14.6 Å². The third-order valence-corrected chi connectivity index (χ3v) is 5.11. The summed E-state index contributed by atoms with van der Waals surface area (Å²) in [5.74, 6) is 0. The summed E-state index contributed by atoms with van der Waals surface area (Å²) in [6.45, 7) is 11.0. The highest BCUT2D eigenvalue weighted by atomic mass is 35.5. The highest BCUT2D eigenvalue weighted by Gasteiger charge is 2.27. The van der Waals surface area contributed by atoms with Gasteiger partial charge in [-0.25, -0.2) is 9.78 Å². The van der Waals surface area contributed by atoms with Gasteiger partial charge in [0.1, 0.15) is 10.8 Å². The van der Waals surface area contributed by atoms with E-state index in [0.29, 0.717) is 44.4 Å². The minimum absolute atomic E-state index is 0.271. The number of hydrogen-bond acceptors (Lipinski definition) is 7. The number of rotatable bonds is 5. The van der Waals surface area contributed by atoms with E-state index in [2.05, 4.69) is 15.2 Å². The van der Waals surface area contributed by atoms with Crippen molar-refractivity contribution in [2.75, 3.05) is 37.6 Å². The number of piperazine rings is 1. The Morgan fingerprint density at radius 2 is 2.04 bits per heavy atom. The van der Waals surface area contributed by atoms with Crippen LogP contribution in [0.1, 0.15) is 32.6 Å². The summed E-state index contributed by atoms with van der Waals surface area (Å²) in [4.78, 5) is 21.4. The van der Waals surface area contributed by atoms with E-state index >= 15 is 0 Å². The molecule has 9 heteroatoms. The minimum Gasteiger partial charge on any atom is -0.444 e. The number of amides is 1. The topological polar surface area (TPSA) is 77.9 Å². The summed E-state index contributed by atoms with van der Waals surface area (Å²) in [5, 5.41) is 13.8. The van der Waals surface area contributed by atoms with E-state index in [0.717, 1.165) is 10.0 Å². The number of aliphatic hydroxyl groups is 1. The van der Waals surface area contributed by atoms with Crippen LogP contribution >= 0.6 is 22.9 Å². The zero-order chi connectivity index (χ0) is 18.6. The van der Waals surface area contributed by atoms with Gasteiger partial charge < -0.3 is 25.0 Å². The molecule has 2 rings (SSSR count). The van der Waals surface area contributed by atoms with Crippen molar-refractivity contribution >= 4 is 34.2 Å². The molecule has 1 saturated heterocycles. The molecule has 1 unspecified atom stereocenters. The number of halogens is 1. The SMILES string of the molecule is CC(O)CNCc1sc(N2CCN(C(=O)OC(C)(C)C)CC2)nc1Cl. The number of anilines is 1. The van der Waals surface area contributed by atoms with Crippen LogP contribution in [-0.2, 0) is 11.3 Å². The molecule has 1 aliphatic heterocycles. The zero-order valence-corrected chi connectivity index (χ0v) is 16.8. The molecule has 142 valence electrons. The van der Waals surface area contributed by atoms with E-state index in [1.165, 1.54) is 0 Å². The summed E-state index contributed by atoms with van der Waals surface area (Å²) in [6.07, 6.45) is -0.667. The van der Waals surface area contributed by atoms with Gasteiger partial charge in [-0.1, -0.05) is 22.9 Å². The molecule has 0 bridgehead atoms. The Hall–Kier alpha value is -1.09. The first-order valence-corrected chi connectivity index (χ1v) is 9.62. The standard InChI is InChI=1S/C16H27ClN4O3S/c1-11(22)9-18-10-12-13(17)19-14(25-12)20-5-7-21(8-6-20)15(23)24-16(2,3)4/h11,18,22H,5-10H2,1-4H3. The van der Waals surface area contributed by atoms with Crippen LogP contribution in [0.3, 0.4) is 0 Å². The van der Waals surface area contributed by atoms with E-state index < -0.39 is 11.7 Å². The molecule has 7 nitrogen and oxygen atoms in total. The molecule has 1 amide bonds. The van der Waals surface area contributed by atoms with Crippen LogP contribution in [0.15, 0.2) is 0 Å². The molecule has 1 aliphatic rings. The number of carbonyl (C=O) groups is 1. The molecule has 2 heterocycles. The van der Waals surface area contributed by atoms with Gasteiger partial charge >= 0.3 is 6.09 Å². The van der Waals surface area contributed by atoms with Gasteiger partial charge in [-0.3, -0.25) is 0 Å². The number of aliphatic hydroxyl groups excluding tert-OH is 1. The average molecular weight is 391 g/mol. The number of thiazole rings is 1. The van der Waals surface area contributed by atoms with Crippen LogP contribution in [-0.4, -0.2) is 65.5 Å². The van der Waals surface area contributed by atoms with Gasteiger partial charge in [0, 0.05) is 39.3 Å². The van der Waals surface area contributed by atoms with Crippen LogP contribution in [0.4, 0.5) is 9.93 Å². The van der Waals surface area contributed by atoms with Gasteiger partial charge in [-0.05, 0) is 27.7 Å². The average Bonchev–Trinajstić information content (AvgIpc) is 2.87. The van der Waals surface area contributed by atoms with Crippen molar-refractivity contribution in [2.24, 2.45) is 0 Å². The highest BCUT2D eigenvalue weighted by Crippen LogP contribution is 2.30. The Morgan fingerprint density at radius 1 is 1.40 bits per heavy atom. The Balaban J connectivity index is 1.87. The van der Waals surface area contributed by atoms with Crippen molar-refractivity contribution in [3.8, 4) is 0 Å². The lowest BCUT2D eigenvalue weighted by Gasteiger charge is -2.35. The maximum absolute atomic E-state index is 12.1. The highest BCUT2D eigenvalue weighted by molar-refractivity contribution is 7.16. The van der Waals surface area contributed by atoms with Gasteiger partial charge in [0.05, 0.1) is 11.0 Å². The summed E-state index contributed by atoms with van der Waals surface area (Å²) >= 11 is 7.76. The normalized spacial score (nSPS) is 16.9. The second kappa shape index (κ2) is 8.53. The molecular formula is C16H27ClN4O3S. The van der Waals surface area contributed by atoms with Crippen molar-refractivity contribution in [3.05, 3.63) is 10.0 Å². The van der Waals surface area contributed by atoms with Crippen molar-refractivity contribution in [3.63, 3.8) is 0 Å². The summed E-state index contributed by atoms with van der Waals surface area (Å²) in [6, 6.07) is 0. The first-order chi connectivity index (χ1) is 11.7. The molecule has 0 saturated carbocycles. The summed E-state index contributed by atoms with van der Waals surface area (Å²) in [7, 11) is 0. The van der Waals surface area contributed by atoms with Crippen molar-refractivity contribution in [2.45, 2.75) is 45.9 Å². The lowest BCUT2D eigenvalue weighted by Crippen LogP contribution is -2.50. The molecule has 2 N–H and O–H groups in total. The van der Waals surface area contributed by atoms with Crippen LogP contribution in [0, 0.1) is 0 Å². The number of carbonyl (C=O) groups excluding carboxylic acids is 1. The predicted molar refractivity (Wildman–Crippen MR) is 101 cm³/mol. The molecule has 1 atom stereocenters. The smallest absolute Gasteiger partial charge is 0.410 e. The Morgan fingerprint density at radius 3 is 2.60 bits per heavy atom. The maximum atomic E-state index is 12.1. The molecule has 1 aromatic heterocycles. The second-order valence-corrected chi connectivity index (χ2v) is 8.56. The Labute approximate surface area is 157 Å².